The lowest BCUT2D eigenvalue weighted by Gasteiger charge is -2.36. The number of likely N-dealkylation sites (tertiary alicyclic amines) is 1. The molecule has 2 heterocycles. The van der Waals surface area contributed by atoms with Crippen LogP contribution in [0.2, 0.25) is 0 Å². The summed E-state index contributed by atoms with van der Waals surface area (Å²) >= 11 is 0. The van der Waals surface area contributed by atoms with Crippen LogP contribution in [0.4, 0.5) is 4.79 Å². The molecule has 1 aliphatic rings. The van der Waals surface area contributed by atoms with Gasteiger partial charge in [-0.1, -0.05) is 0 Å². The van der Waals surface area contributed by atoms with Gasteiger partial charge >= 0.3 is 6.09 Å². The Balaban J connectivity index is 1.81. The Bertz CT molecular complexity index is 619. The number of ether oxygens (including phenoxy) is 2. The summed E-state index contributed by atoms with van der Waals surface area (Å²) in [7, 11) is 0. The smallest absolute Gasteiger partial charge is 0.410 e. The van der Waals surface area contributed by atoms with E-state index < -0.39 is 5.60 Å². The number of nitriles is 1. The van der Waals surface area contributed by atoms with Crippen molar-refractivity contribution in [2.45, 2.75) is 64.5 Å². The summed E-state index contributed by atoms with van der Waals surface area (Å²) in [5, 5.41) is 8.88. The fraction of sp³-hybridized carbons (Fsp3) is 0.632. The van der Waals surface area contributed by atoms with Gasteiger partial charge in [0.05, 0.1) is 18.2 Å². The second kappa shape index (κ2) is 8.70. The molecule has 0 bridgehead atoms. The van der Waals surface area contributed by atoms with Gasteiger partial charge in [0.25, 0.3) is 0 Å². The minimum Gasteiger partial charge on any atom is -0.478 e. The molecule has 0 aliphatic carbocycles. The van der Waals surface area contributed by atoms with Gasteiger partial charge in [-0.15, -0.1) is 0 Å². The minimum absolute atomic E-state index is 0.200. The molecule has 0 saturated carbocycles. The van der Waals surface area contributed by atoms with E-state index in [-0.39, 0.29) is 12.1 Å². The first kappa shape index (κ1) is 19.0. The molecule has 25 heavy (non-hydrogen) atoms. The number of pyridine rings is 1. The quantitative estimate of drug-likeness (QED) is 0.757. The maximum absolute atomic E-state index is 12.4. The van der Waals surface area contributed by atoms with Crippen LogP contribution in [0, 0.1) is 11.3 Å². The SMILES string of the molecule is CC(C)(C)OC(=O)N1CCCCC1CCCOc1cc(C#N)ccn1. The molecule has 0 aromatic carbocycles. The summed E-state index contributed by atoms with van der Waals surface area (Å²) in [5.74, 6) is 0.465. The Morgan fingerprint density at radius 1 is 1.44 bits per heavy atom. The van der Waals surface area contributed by atoms with Crippen LogP contribution in [-0.4, -0.2) is 40.8 Å². The van der Waals surface area contributed by atoms with Crippen LogP contribution in [0.15, 0.2) is 18.3 Å². The third-order valence-electron chi connectivity index (χ3n) is 4.05. The van der Waals surface area contributed by atoms with Crippen molar-refractivity contribution in [1.29, 1.82) is 5.26 Å². The van der Waals surface area contributed by atoms with E-state index in [2.05, 4.69) is 11.1 Å². The molecular weight excluding hydrogens is 318 g/mol. The monoisotopic (exact) mass is 345 g/mol. The van der Waals surface area contributed by atoms with E-state index in [4.69, 9.17) is 14.7 Å². The number of carbonyl (C=O) groups is 1. The number of piperidine rings is 1. The summed E-state index contributed by atoms with van der Waals surface area (Å²) in [5.41, 5.74) is 0.0629. The fourth-order valence-electron chi connectivity index (χ4n) is 2.92. The first-order valence-electron chi connectivity index (χ1n) is 8.87. The van der Waals surface area contributed by atoms with Crippen molar-refractivity contribution in [3.63, 3.8) is 0 Å². The molecule has 1 aliphatic heterocycles. The standard InChI is InChI=1S/C19H27N3O3/c1-19(2,3)25-18(23)22-11-5-4-7-16(22)8-6-12-24-17-13-15(14-20)9-10-21-17/h9-10,13,16H,4-8,11-12H2,1-3H3. The number of hydrogen-bond donors (Lipinski definition) is 0. The maximum atomic E-state index is 12.4. The van der Waals surface area contributed by atoms with Crippen LogP contribution in [0.5, 0.6) is 5.88 Å². The van der Waals surface area contributed by atoms with E-state index in [0.29, 0.717) is 18.1 Å². The molecule has 1 aromatic rings. The first-order chi connectivity index (χ1) is 11.9. The zero-order valence-corrected chi connectivity index (χ0v) is 15.3. The Morgan fingerprint density at radius 3 is 2.96 bits per heavy atom. The molecule has 6 heteroatoms. The number of nitrogens with zero attached hydrogens (tertiary/aromatic N) is 3. The molecule has 1 amide bonds. The van der Waals surface area contributed by atoms with E-state index in [9.17, 15) is 4.79 Å². The molecule has 0 N–H and O–H groups in total. The Kier molecular flexibility index (Phi) is 6.63. The summed E-state index contributed by atoms with van der Waals surface area (Å²) in [6.45, 7) is 6.94. The largest absolute Gasteiger partial charge is 0.478 e. The zero-order valence-electron chi connectivity index (χ0n) is 15.3. The van der Waals surface area contributed by atoms with Gasteiger partial charge in [0, 0.05) is 24.8 Å². The Morgan fingerprint density at radius 2 is 2.24 bits per heavy atom. The van der Waals surface area contributed by atoms with Gasteiger partial charge in [0.2, 0.25) is 5.88 Å². The molecule has 1 atom stereocenters. The topological polar surface area (TPSA) is 75.4 Å². The van der Waals surface area contributed by atoms with E-state index in [0.717, 1.165) is 38.6 Å². The summed E-state index contributed by atoms with van der Waals surface area (Å²) < 4.78 is 11.1. The molecule has 1 fully saturated rings. The predicted molar refractivity (Wildman–Crippen MR) is 94.3 cm³/mol. The third kappa shape index (κ3) is 6.26. The van der Waals surface area contributed by atoms with E-state index >= 15 is 0 Å². The molecule has 136 valence electrons. The maximum Gasteiger partial charge on any atom is 0.410 e. The van der Waals surface area contributed by atoms with Crippen molar-refractivity contribution in [3.05, 3.63) is 23.9 Å². The van der Waals surface area contributed by atoms with Gasteiger partial charge < -0.3 is 14.4 Å². The van der Waals surface area contributed by atoms with E-state index in [1.54, 1.807) is 18.3 Å². The van der Waals surface area contributed by atoms with Gasteiger partial charge in [0.1, 0.15) is 5.60 Å². The second-order valence-corrected chi connectivity index (χ2v) is 7.31. The van der Waals surface area contributed by atoms with Crippen molar-refractivity contribution < 1.29 is 14.3 Å². The Hall–Kier alpha value is -2.29. The van der Waals surface area contributed by atoms with Crippen LogP contribution in [0.1, 0.15) is 58.4 Å². The van der Waals surface area contributed by atoms with Gasteiger partial charge in [0.15, 0.2) is 0 Å². The van der Waals surface area contributed by atoms with Crippen LogP contribution in [-0.2, 0) is 4.74 Å². The number of rotatable bonds is 5. The number of amides is 1. The molecule has 1 saturated heterocycles. The van der Waals surface area contributed by atoms with Crippen molar-refractivity contribution in [1.82, 2.24) is 9.88 Å². The molecule has 1 aromatic heterocycles. The number of hydrogen-bond acceptors (Lipinski definition) is 5. The van der Waals surface area contributed by atoms with Crippen molar-refractivity contribution >= 4 is 6.09 Å². The summed E-state index contributed by atoms with van der Waals surface area (Å²) in [6.07, 6.45) is 6.20. The van der Waals surface area contributed by atoms with Crippen LogP contribution < -0.4 is 4.74 Å². The van der Waals surface area contributed by atoms with Crippen molar-refractivity contribution in [2.24, 2.45) is 0 Å². The van der Waals surface area contributed by atoms with Gasteiger partial charge in [-0.05, 0) is 58.9 Å². The van der Waals surface area contributed by atoms with Gasteiger partial charge in [-0.3, -0.25) is 0 Å². The van der Waals surface area contributed by atoms with E-state index in [1.165, 1.54) is 0 Å². The average molecular weight is 345 g/mol. The zero-order chi connectivity index (χ0) is 18.3. The highest BCUT2D eigenvalue weighted by molar-refractivity contribution is 5.68. The normalized spacial score (nSPS) is 17.7. The van der Waals surface area contributed by atoms with Crippen LogP contribution >= 0.6 is 0 Å². The van der Waals surface area contributed by atoms with Gasteiger partial charge in [-0.25, -0.2) is 9.78 Å². The summed E-state index contributed by atoms with van der Waals surface area (Å²) in [4.78, 5) is 18.3. The van der Waals surface area contributed by atoms with Crippen molar-refractivity contribution in [2.75, 3.05) is 13.2 Å². The molecule has 1 unspecified atom stereocenters. The molecule has 2 rings (SSSR count). The highest BCUT2D eigenvalue weighted by atomic mass is 16.6. The molecule has 0 spiro atoms. The van der Waals surface area contributed by atoms with Crippen LogP contribution in [0.3, 0.4) is 0 Å². The number of carbonyl (C=O) groups excluding carboxylic acids is 1. The lowest BCUT2D eigenvalue weighted by atomic mass is 9.98. The van der Waals surface area contributed by atoms with Gasteiger partial charge in [-0.2, -0.15) is 5.26 Å². The third-order valence-corrected chi connectivity index (χ3v) is 4.05. The fourth-order valence-corrected chi connectivity index (χ4v) is 2.92. The second-order valence-electron chi connectivity index (χ2n) is 7.31. The molecular formula is C19H27N3O3. The van der Waals surface area contributed by atoms with Crippen molar-refractivity contribution in [3.8, 4) is 11.9 Å². The highest BCUT2D eigenvalue weighted by Gasteiger charge is 2.30. The molecule has 6 nitrogen and oxygen atoms in total. The highest BCUT2D eigenvalue weighted by Crippen LogP contribution is 2.23. The lowest BCUT2D eigenvalue weighted by Crippen LogP contribution is -2.46. The molecule has 0 radical (unpaired) electrons. The Labute approximate surface area is 149 Å². The van der Waals surface area contributed by atoms with E-state index in [1.807, 2.05) is 25.7 Å². The summed E-state index contributed by atoms with van der Waals surface area (Å²) in [6, 6.07) is 5.55. The van der Waals surface area contributed by atoms with Crippen LogP contribution in [0.25, 0.3) is 0 Å². The average Bonchev–Trinajstić information content (AvgIpc) is 2.58. The predicted octanol–water partition coefficient (Wildman–Crippen LogP) is 3.90. The minimum atomic E-state index is -0.473. The lowest BCUT2D eigenvalue weighted by molar-refractivity contribution is 0.00822. The number of aromatic nitrogens is 1. The first-order valence-corrected chi connectivity index (χ1v) is 8.87.